The highest BCUT2D eigenvalue weighted by Gasteiger charge is 2.42. The van der Waals surface area contributed by atoms with Crippen LogP contribution in [0.25, 0.3) is 11.0 Å². The van der Waals surface area contributed by atoms with Gasteiger partial charge in [-0.05, 0) is 76.0 Å². The number of hydrogen-bond donors (Lipinski definition) is 2. The fraction of sp³-hybridized carbons (Fsp3) is 0.679. The Morgan fingerprint density at radius 3 is 2.65 bits per heavy atom. The normalized spacial score (nSPS) is 26.9. The summed E-state index contributed by atoms with van der Waals surface area (Å²) in [6.45, 7) is 10.5. The van der Waals surface area contributed by atoms with Crippen molar-refractivity contribution >= 4 is 16.9 Å². The van der Waals surface area contributed by atoms with Gasteiger partial charge in [-0.1, -0.05) is 20.3 Å². The molecule has 3 aliphatic rings. The summed E-state index contributed by atoms with van der Waals surface area (Å²) in [6, 6.07) is 3.78. The van der Waals surface area contributed by atoms with Crippen LogP contribution < -0.4 is 10.1 Å². The number of furan rings is 1. The number of hydrogen-bond acceptors (Lipinski definition) is 5. The molecule has 0 radical (unpaired) electrons. The van der Waals surface area contributed by atoms with Crippen molar-refractivity contribution in [2.45, 2.75) is 83.8 Å². The summed E-state index contributed by atoms with van der Waals surface area (Å²) in [5.41, 5.74) is 1.95. The maximum atomic E-state index is 13.0. The van der Waals surface area contributed by atoms with Crippen LogP contribution in [0.15, 0.2) is 16.5 Å². The van der Waals surface area contributed by atoms with Crippen molar-refractivity contribution in [2.75, 3.05) is 26.2 Å². The van der Waals surface area contributed by atoms with Crippen molar-refractivity contribution in [3.8, 4) is 5.75 Å². The highest BCUT2D eigenvalue weighted by molar-refractivity contribution is 6.00. The van der Waals surface area contributed by atoms with Gasteiger partial charge in [0.1, 0.15) is 16.9 Å². The van der Waals surface area contributed by atoms with Crippen LogP contribution in [0.1, 0.15) is 93.0 Å². The number of rotatable bonds is 5. The fourth-order valence-corrected chi connectivity index (χ4v) is 6.78. The Morgan fingerprint density at radius 1 is 1.18 bits per heavy atom. The molecule has 34 heavy (non-hydrogen) atoms. The number of aliphatic hydroxyl groups excluding tert-OH is 1. The summed E-state index contributed by atoms with van der Waals surface area (Å²) in [7, 11) is 0. The van der Waals surface area contributed by atoms with E-state index in [1.807, 2.05) is 19.1 Å². The van der Waals surface area contributed by atoms with E-state index in [0.29, 0.717) is 24.3 Å². The number of benzene rings is 1. The topological polar surface area (TPSA) is 74.9 Å². The zero-order chi connectivity index (χ0) is 23.9. The molecule has 1 amide bonds. The van der Waals surface area contributed by atoms with Crippen LogP contribution in [0, 0.1) is 18.8 Å². The number of carbonyl (C=O) groups is 1. The molecule has 1 aromatic heterocycles. The molecule has 186 valence electrons. The fourth-order valence-electron chi connectivity index (χ4n) is 6.78. The summed E-state index contributed by atoms with van der Waals surface area (Å²) in [5, 5.41) is 15.0. The van der Waals surface area contributed by atoms with Gasteiger partial charge in [0.2, 0.25) is 0 Å². The van der Waals surface area contributed by atoms with Crippen LogP contribution in [0.4, 0.5) is 0 Å². The van der Waals surface area contributed by atoms with Crippen LogP contribution in [0.2, 0.25) is 0 Å². The standard InChI is InChI=1S/C28H40N2O4/c1-18-14-19(2)17-30(16-18)13-7-12-29-27(32)26-20(3)24-22(33-26)8-9-23-25(24)21(31)15-28(34-23)10-5-4-6-11-28/h8-9,18-19,21,31H,4-7,10-17H2,1-3H3,(H,29,32)/t18-,19+,21-/m1/s1. The smallest absolute Gasteiger partial charge is 0.287 e. The first-order valence-electron chi connectivity index (χ1n) is 13.3. The van der Waals surface area contributed by atoms with Gasteiger partial charge in [-0.2, -0.15) is 0 Å². The molecule has 1 aliphatic carbocycles. The molecule has 0 bridgehead atoms. The van der Waals surface area contributed by atoms with Crippen molar-refractivity contribution < 1.29 is 19.1 Å². The molecule has 2 fully saturated rings. The van der Waals surface area contributed by atoms with Gasteiger partial charge in [0.05, 0.1) is 6.10 Å². The molecule has 6 nitrogen and oxygen atoms in total. The zero-order valence-electron chi connectivity index (χ0n) is 21.0. The summed E-state index contributed by atoms with van der Waals surface area (Å²) < 4.78 is 12.5. The van der Waals surface area contributed by atoms with E-state index in [-0.39, 0.29) is 11.5 Å². The largest absolute Gasteiger partial charge is 0.487 e. The van der Waals surface area contributed by atoms with Gasteiger partial charge in [0, 0.05) is 42.6 Å². The second-order valence-electron chi connectivity index (χ2n) is 11.3. The molecule has 1 spiro atoms. The average molecular weight is 469 g/mol. The lowest BCUT2D eigenvalue weighted by molar-refractivity contribution is -0.0373. The second kappa shape index (κ2) is 9.54. The molecule has 5 rings (SSSR count). The van der Waals surface area contributed by atoms with Gasteiger partial charge in [0.25, 0.3) is 5.91 Å². The zero-order valence-corrected chi connectivity index (χ0v) is 21.0. The Morgan fingerprint density at radius 2 is 1.91 bits per heavy atom. The molecule has 0 unspecified atom stereocenters. The van der Waals surface area contributed by atoms with Crippen LogP contribution in [-0.2, 0) is 0 Å². The van der Waals surface area contributed by atoms with Crippen LogP contribution in [0.3, 0.4) is 0 Å². The molecule has 2 aliphatic heterocycles. The number of fused-ring (bicyclic) bond motifs is 3. The van der Waals surface area contributed by atoms with Crippen molar-refractivity contribution in [1.82, 2.24) is 10.2 Å². The van der Waals surface area contributed by atoms with Crippen LogP contribution in [0.5, 0.6) is 5.75 Å². The van der Waals surface area contributed by atoms with Crippen molar-refractivity contribution in [2.24, 2.45) is 11.8 Å². The van der Waals surface area contributed by atoms with Gasteiger partial charge >= 0.3 is 0 Å². The number of likely N-dealkylation sites (tertiary alicyclic amines) is 1. The summed E-state index contributed by atoms with van der Waals surface area (Å²) in [6.07, 6.45) is 7.76. The summed E-state index contributed by atoms with van der Waals surface area (Å²) >= 11 is 0. The average Bonchev–Trinajstić information content (AvgIpc) is 3.13. The Labute approximate surface area is 203 Å². The minimum absolute atomic E-state index is 0.183. The first kappa shape index (κ1) is 23.7. The summed E-state index contributed by atoms with van der Waals surface area (Å²) in [4.78, 5) is 15.5. The van der Waals surface area contributed by atoms with Gasteiger partial charge in [0.15, 0.2) is 5.76 Å². The molecule has 1 saturated heterocycles. The molecule has 3 heterocycles. The van der Waals surface area contributed by atoms with Crippen molar-refractivity contribution in [3.05, 3.63) is 29.0 Å². The maximum absolute atomic E-state index is 13.0. The Kier molecular flexibility index (Phi) is 6.64. The van der Waals surface area contributed by atoms with Crippen LogP contribution >= 0.6 is 0 Å². The minimum Gasteiger partial charge on any atom is -0.487 e. The number of amides is 1. The van der Waals surface area contributed by atoms with E-state index in [9.17, 15) is 9.90 Å². The first-order chi connectivity index (χ1) is 16.3. The summed E-state index contributed by atoms with van der Waals surface area (Å²) in [5.74, 6) is 2.39. The maximum Gasteiger partial charge on any atom is 0.287 e. The van der Waals surface area contributed by atoms with Gasteiger partial charge in [-0.15, -0.1) is 0 Å². The highest BCUT2D eigenvalue weighted by Crippen LogP contribution is 2.49. The van der Waals surface area contributed by atoms with Crippen molar-refractivity contribution in [3.63, 3.8) is 0 Å². The first-order valence-corrected chi connectivity index (χ1v) is 13.3. The molecule has 2 N–H and O–H groups in total. The molecule has 6 heteroatoms. The number of nitrogens with zero attached hydrogens (tertiary/aromatic N) is 1. The number of carbonyl (C=O) groups excluding carboxylic acids is 1. The van der Waals surface area contributed by atoms with E-state index in [1.54, 1.807) is 0 Å². The number of ether oxygens (including phenoxy) is 1. The number of aryl methyl sites for hydroxylation is 1. The Hall–Kier alpha value is -2.05. The third kappa shape index (κ3) is 4.59. The van der Waals surface area contributed by atoms with Gasteiger partial charge < -0.3 is 24.5 Å². The molecule has 2 aromatic rings. The molecular weight excluding hydrogens is 428 g/mol. The predicted octanol–water partition coefficient (Wildman–Crippen LogP) is 5.36. The number of piperidine rings is 1. The number of nitrogens with one attached hydrogen (secondary N) is 1. The van der Waals surface area contributed by atoms with Gasteiger partial charge in [-0.25, -0.2) is 0 Å². The molecule has 1 saturated carbocycles. The minimum atomic E-state index is -0.605. The van der Waals surface area contributed by atoms with Gasteiger partial charge in [-0.3, -0.25) is 4.79 Å². The molecular formula is C28H40N2O4. The predicted molar refractivity (Wildman–Crippen MR) is 133 cm³/mol. The lowest BCUT2D eigenvalue weighted by Gasteiger charge is -2.43. The quantitative estimate of drug-likeness (QED) is 0.578. The highest BCUT2D eigenvalue weighted by atomic mass is 16.5. The van der Waals surface area contributed by atoms with Crippen LogP contribution in [-0.4, -0.2) is 47.7 Å². The SMILES string of the molecule is Cc1c(C(=O)NCCCN2C[C@H](C)C[C@H](C)C2)oc2ccc3c(c12)[C@H](O)CC1(CCCCC1)O3. The van der Waals surface area contributed by atoms with E-state index in [4.69, 9.17) is 9.15 Å². The van der Waals surface area contributed by atoms with E-state index >= 15 is 0 Å². The monoisotopic (exact) mass is 468 g/mol. The van der Waals surface area contributed by atoms with E-state index in [0.717, 1.165) is 85.8 Å². The van der Waals surface area contributed by atoms with Crippen molar-refractivity contribution in [1.29, 1.82) is 0 Å². The van der Waals surface area contributed by atoms with E-state index in [2.05, 4.69) is 24.1 Å². The third-order valence-electron chi connectivity index (χ3n) is 8.17. The second-order valence-corrected chi connectivity index (χ2v) is 11.3. The lowest BCUT2D eigenvalue weighted by atomic mass is 9.77. The van der Waals surface area contributed by atoms with E-state index in [1.165, 1.54) is 12.8 Å². The molecule has 3 atom stereocenters. The molecule has 1 aromatic carbocycles. The Balaban J connectivity index is 1.27. The van der Waals surface area contributed by atoms with E-state index < -0.39 is 6.10 Å². The lowest BCUT2D eigenvalue weighted by Crippen LogP contribution is -2.42. The third-order valence-corrected chi connectivity index (χ3v) is 8.17. The number of aliphatic hydroxyl groups is 1. The Bertz CT molecular complexity index is 1030.